The number of hydrogen-bond acceptors (Lipinski definition) is 4. The van der Waals surface area contributed by atoms with E-state index in [0.717, 1.165) is 23.5 Å². The van der Waals surface area contributed by atoms with Gasteiger partial charge in [-0.3, -0.25) is 0 Å². The lowest BCUT2D eigenvalue weighted by Gasteiger charge is -2.22. The van der Waals surface area contributed by atoms with Crippen molar-refractivity contribution in [1.82, 2.24) is 14.5 Å². The van der Waals surface area contributed by atoms with Crippen LogP contribution < -0.4 is 5.73 Å². The molecule has 0 bridgehead atoms. The van der Waals surface area contributed by atoms with Crippen LogP contribution in [0.15, 0.2) is 12.3 Å². The number of nitrogens with zero attached hydrogens (tertiary/aromatic N) is 3. The minimum atomic E-state index is 0.524. The molecular weight excluding hydrogens is 300 g/mol. The van der Waals surface area contributed by atoms with Crippen LogP contribution in [0.25, 0.3) is 11.2 Å². The van der Waals surface area contributed by atoms with Crippen molar-refractivity contribution in [1.29, 1.82) is 0 Å². The quantitative estimate of drug-likeness (QED) is 0.830. The van der Waals surface area contributed by atoms with Gasteiger partial charge in [0.05, 0.1) is 18.2 Å². The fraction of sp³-hybridized carbons (Fsp3) is 0.625. The van der Waals surface area contributed by atoms with E-state index in [1.165, 1.54) is 32.1 Å². The van der Waals surface area contributed by atoms with Crippen molar-refractivity contribution in [3.63, 3.8) is 0 Å². The molecule has 1 saturated carbocycles. The molecule has 1 aliphatic carbocycles. The fourth-order valence-electron chi connectivity index (χ4n) is 3.24. The molecule has 0 aromatic carbocycles. The molecule has 0 atom stereocenters. The number of imidazole rings is 1. The molecule has 0 aliphatic heterocycles. The Morgan fingerprint density at radius 2 is 2.09 bits per heavy atom. The Kier molecular flexibility index (Phi) is 5.28. The number of ether oxygens (including phenoxy) is 1. The van der Waals surface area contributed by atoms with Gasteiger partial charge >= 0.3 is 0 Å². The third kappa shape index (κ3) is 3.42. The van der Waals surface area contributed by atoms with Gasteiger partial charge in [-0.1, -0.05) is 30.9 Å². The molecule has 0 amide bonds. The van der Waals surface area contributed by atoms with E-state index >= 15 is 0 Å². The van der Waals surface area contributed by atoms with Crippen LogP contribution in [0.3, 0.4) is 0 Å². The zero-order valence-electron chi connectivity index (χ0n) is 12.8. The molecule has 1 aliphatic rings. The molecule has 2 N–H and O–H groups in total. The molecule has 6 heteroatoms. The average molecular weight is 323 g/mol. The third-order valence-electron chi connectivity index (χ3n) is 4.27. The van der Waals surface area contributed by atoms with Crippen LogP contribution in [-0.4, -0.2) is 34.3 Å². The second kappa shape index (κ2) is 7.40. The van der Waals surface area contributed by atoms with Crippen molar-refractivity contribution < 1.29 is 4.74 Å². The maximum Gasteiger partial charge on any atom is 0.160 e. The van der Waals surface area contributed by atoms with Crippen LogP contribution in [0.2, 0.25) is 5.02 Å². The van der Waals surface area contributed by atoms with Crippen molar-refractivity contribution in [3.8, 4) is 0 Å². The highest BCUT2D eigenvalue weighted by Crippen LogP contribution is 2.33. The van der Waals surface area contributed by atoms with Crippen LogP contribution in [0.5, 0.6) is 0 Å². The van der Waals surface area contributed by atoms with E-state index in [-0.39, 0.29) is 0 Å². The van der Waals surface area contributed by atoms with E-state index in [9.17, 15) is 0 Å². The lowest BCUT2D eigenvalue weighted by molar-refractivity contribution is 0.133. The van der Waals surface area contributed by atoms with Gasteiger partial charge in [0.2, 0.25) is 0 Å². The predicted octanol–water partition coefficient (Wildman–Crippen LogP) is 3.11. The van der Waals surface area contributed by atoms with Crippen molar-refractivity contribution in [2.24, 2.45) is 5.73 Å². The highest BCUT2D eigenvalue weighted by molar-refractivity contribution is 6.31. The van der Waals surface area contributed by atoms with Crippen molar-refractivity contribution >= 4 is 22.8 Å². The summed E-state index contributed by atoms with van der Waals surface area (Å²) in [5.41, 5.74) is 7.26. The highest BCUT2D eigenvalue weighted by Gasteiger charge is 2.23. The van der Waals surface area contributed by atoms with Gasteiger partial charge in [-0.05, 0) is 18.9 Å². The summed E-state index contributed by atoms with van der Waals surface area (Å²) in [6, 6.07) is 1.90. The Balaban J connectivity index is 1.89. The monoisotopic (exact) mass is 322 g/mol. The van der Waals surface area contributed by atoms with Crippen LogP contribution in [-0.2, 0) is 11.3 Å². The molecule has 0 radical (unpaired) electrons. The Morgan fingerprint density at radius 3 is 2.86 bits per heavy atom. The maximum absolute atomic E-state index is 6.06. The van der Waals surface area contributed by atoms with Gasteiger partial charge in [-0.2, -0.15) is 0 Å². The number of rotatable bonds is 6. The molecule has 3 rings (SSSR count). The minimum Gasteiger partial charge on any atom is -0.378 e. The van der Waals surface area contributed by atoms with Crippen molar-refractivity contribution in [3.05, 3.63) is 23.1 Å². The topological polar surface area (TPSA) is 66.0 Å². The van der Waals surface area contributed by atoms with E-state index in [2.05, 4.69) is 9.55 Å². The summed E-state index contributed by atoms with van der Waals surface area (Å²) in [4.78, 5) is 9.32. The van der Waals surface area contributed by atoms with E-state index in [0.29, 0.717) is 30.7 Å². The van der Waals surface area contributed by atoms with Gasteiger partial charge in [-0.25, -0.2) is 9.97 Å². The minimum absolute atomic E-state index is 0.524. The largest absolute Gasteiger partial charge is 0.378 e. The summed E-state index contributed by atoms with van der Waals surface area (Å²) in [5, 5.41) is 0.631. The zero-order chi connectivity index (χ0) is 15.4. The summed E-state index contributed by atoms with van der Waals surface area (Å²) in [5.74, 6) is 1.66. The van der Waals surface area contributed by atoms with E-state index in [1.54, 1.807) is 6.20 Å². The zero-order valence-corrected chi connectivity index (χ0v) is 13.6. The first-order valence-electron chi connectivity index (χ1n) is 8.09. The summed E-state index contributed by atoms with van der Waals surface area (Å²) >= 11 is 6.06. The second-order valence-electron chi connectivity index (χ2n) is 5.85. The smallest absolute Gasteiger partial charge is 0.160 e. The van der Waals surface area contributed by atoms with Crippen molar-refractivity contribution in [2.45, 2.75) is 44.6 Å². The lowest BCUT2D eigenvalue weighted by atomic mass is 9.88. The van der Waals surface area contributed by atoms with Crippen LogP contribution >= 0.6 is 11.6 Å². The normalized spacial score (nSPS) is 16.5. The molecule has 2 aromatic rings. The van der Waals surface area contributed by atoms with Crippen molar-refractivity contribution in [2.75, 3.05) is 19.8 Å². The molecule has 2 aromatic heterocycles. The van der Waals surface area contributed by atoms with Crippen LogP contribution in [0.4, 0.5) is 0 Å². The molecule has 0 spiro atoms. The summed E-state index contributed by atoms with van der Waals surface area (Å²) < 4.78 is 7.75. The molecule has 120 valence electrons. The van der Waals surface area contributed by atoms with Crippen LogP contribution in [0.1, 0.15) is 43.8 Å². The summed E-state index contributed by atoms with van der Waals surface area (Å²) in [6.45, 7) is 2.53. The first-order valence-corrected chi connectivity index (χ1v) is 8.47. The van der Waals surface area contributed by atoms with Gasteiger partial charge < -0.3 is 15.0 Å². The highest BCUT2D eigenvalue weighted by atomic mass is 35.5. The van der Waals surface area contributed by atoms with Gasteiger partial charge in [0.15, 0.2) is 5.65 Å². The number of nitrogens with two attached hydrogens (primary N) is 1. The Labute approximate surface area is 135 Å². The molecule has 0 unspecified atom stereocenters. The molecule has 2 heterocycles. The maximum atomic E-state index is 6.06. The number of aromatic nitrogens is 3. The summed E-state index contributed by atoms with van der Waals surface area (Å²) in [6.07, 6.45) is 8.01. The van der Waals surface area contributed by atoms with Gasteiger partial charge in [0, 0.05) is 25.2 Å². The molecule has 22 heavy (non-hydrogen) atoms. The number of halogens is 1. The third-order valence-corrected chi connectivity index (χ3v) is 4.48. The van der Waals surface area contributed by atoms with Crippen LogP contribution in [0, 0.1) is 0 Å². The molecule has 5 nitrogen and oxygen atoms in total. The second-order valence-corrected chi connectivity index (χ2v) is 6.29. The predicted molar refractivity (Wildman–Crippen MR) is 88.2 cm³/mol. The average Bonchev–Trinajstić information content (AvgIpc) is 2.90. The Hall–Kier alpha value is -1.17. The van der Waals surface area contributed by atoms with Gasteiger partial charge in [0.1, 0.15) is 11.3 Å². The fourth-order valence-corrected chi connectivity index (χ4v) is 3.39. The molecule has 0 saturated heterocycles. The van der Waals surface area contributed by atoms with E-state index in [1.807, 2.05) is 6.07 Å². The molecule has 1 fully saturated rings. The number of pyridine rings is 1. The number of hydrogen-bond donors (Lipinski definition) is 1. The van der Waals surface area contributed by atoms with E-state index < -0.39 is 0 Å². The standard InChI is InChI=1S/C16H23ClN4O/c17-13-10-14-16(19-11-13)21(7-9-22-8-6-18)15(20-14)12-4-2-1-3-5-12/h10-12H,1-9,18H2. The molecular formula is C16H23ClN4O. The van der Waals surface area contributed by atoms with Gasteiger partial charge in [-0.15, -0.1) is 0 Å². The summed E-state index contributed by atoms with van der Waals surface area (Å²) in [7, 11) is 0. The van der Waals surface area contributed by atoms with E-state index in [4.69, 9.17) is 27.1 Å². The lowest BCUT2D eigenvalue weighted by Crippen LogP contribution is -2.17. The Morgan fingerprint density at radius 1 is 1.27 bits per heavy atom. The first kappa shape index (κ1) is 15.7. The number of fused-ring (bicyclic) bond motifs is 1. The Bertz CT molecular complexity index is 622. The SMILES string of the molecule is NCCOCCn1c(C2CCCCC2)nc2cc(Cl)cnc21. The van der Waals surface area contributed by atoms with Gasteiger partial charge in [0.25, 0.3) is 0 Å². The first-order chi connectivity index (χ1) is 10.8.